The molecule has 0 aromatic heterocycles. The first-order valence-electron chi connectivity index (χ1n) is 4.99. The van der Waals surface area contributed by atoms with E-state index in [2.05, 4.69) is 0 Å². The average Bonchev–Trinajstić information content (AvgIpc) is 2.26. The first kappa shape index (κ1) is 12.3. The smallest absolute Gasteiger partial charge is 0.126 e. The van der Waals surface area contributed by atoms with Gasteiger partial charge in [-0.15, -0.1) is 11.6 Å². The first-order valence-corrected chi connectivity index (χ1v) is 5.52. The summed E-state index contributed by atoms with van der Waals surface area (Å²) in [4.78, 5) is 0. The molecule has 3 heteroatoms. The van der Waals surface area contributed by atoms with Crippen molar-refractivity contribution in [2.75, 3.05) is 13.7 Å². The highest BCUT2D eigenvalue weighted by atomic mass is 35.5. The van der Waals surface area contributed by atoms with Crippen LogP contribution in [0.1, 0.15) is 18.1 Å². The number of ether oxygens (including phenoxy) is 2. The van der Waals surface area contributed by atoms with Gasteiger partial charge < -0.3 is 9.47 Å². The van der Waals surface area contributed by atoms with Crippen LogP contribution in [0.5, 0.6) is 5.75 Å². The maximum absolute atomic E-state index is 5.84. The minimum absolute atomic E-state index is 0.0905. The molecule has 0 aliphatic heterocycles. The molecule has 1 aromatic rings. The largest absolute Gasteiger partial charge is 0.490 e. The normalized spacial score (nSPS) is 12.5. The van der Waals surface area contributed by atoms with E-state index in [1.807, 2.05) is 32.0 Å². The number of hydrogen-bond acceptors (Lipinski definition) is 2. The van der Waals surface area contributed by atoms with Crippen molar-refractivity contribution in [2.24, 2.45) is 0 Å². The van der Waals surface area contributed by atoms with Crippen LogP contribution in [0.25, 0.3) is 0 Å². The number of halogens is 1. The lowest BCUT2D eigenvalue weighted by atomic mass is 10.1. The van der Waals surface area contributed by atoms with Crippen molar-refractivity contribution in [2.45, 2.75) is 25.8 Å². The van der Waals surface area contributed by atoms with E-state index in [4.69, 9.17) is 21.1 Å². The zero-order chi connectivity index (χ0) is 11.3. The third kappa shape index (κ3) is 3.40. The molecule has 84 valence electrons. The second-order valence-electron chi connectivity index (χ2n) is 3.55. The van der Waals surface area contributed by atoms with E-state index in [0.717, 1.165) is 16.9 Å². The summed E-state index contributed by atoms with van der Waals surface area (Å²) in [5.74, 6) is 1.36. The van der Waals surface area contributed by atoms with Gasteiger partial charge in [0.05, 0.1) is 12.0 Å². The SMILES string of the molecule is COC(C)COc1c(C)cccc1CCl. The van der Waals surface area contributed by atoms with Gasteiger partial charge in [0.25, 0.3) is 0 Å². The maximum atomic E-state index is 5.84. The van der Waals surface area contributed by atoms with Crippen molar-refractivity contribution in [3.63, 3.8) is 0 Å². The Morgan fingerprint density at radius 2 is 2.13 bits per heavy atom. The molecule has 1 aromatic carbocycles. The molecule has 0 saturated carbocycles. The van der Waals surface area contributed by atoms with Gasteiger partial charge in [-0.3, -0.25) is 0 Å². The Labute approximate surface area is 96.2 Å². The molecule has 0 N–H and O–H groups in total. The van der Waals surface area contributed by atoms with Gasteiger partial charge in [0.2, 0.25) is 0 Å². The average molecular weight is 229 g/mol. The van der Waals surface area contributed by atoms with Crippen molar-refractivity contribution in [1.82, 2.24) is 0 Å². The molecule has 0 bridgehead atoms. The molecule has 1 rings (SSSR count). The van der Waals surface area contributed by atoms with Crippen molar-refractivity contribution in [1.29, 1.82) is 0 Å². The quantitative estimate of drug-likeness (QED) is 0.721. The molecule has 0 fully saturated rings. The van der Waals surface area contributed by atoms with Gasteiger partial charge in [0.1, 0.15) is 12.4 Å². The van der Waals surface area contributed by atoms with Crippen LogP contribution < -0.4 is 4.74 Å². The fourth-order valence-electron chi connectivity index (χ4n) is 1.29. The van der Waals surface area contributed by atoms with Gasteiger partial charge in [0.15, 0.2) is 0 Å². The van der Waals surface area contributed by atoms with Gasteiger partial charge in [-0.05, 0) is 19.4 Å². The molecule has 0 aliphatic carbocycles. The van der Waals surface area contributed by atoms with Crippen LogP contribution in [0, 0.1) is 6.92 Å². The molecule has 2 nitrogen and oxygen atoms in total. The Morgan fingerprint density at radius 3 is 2.73 bits per heavy atom. The van der Waals surface area contributed by atoms with Crippen molar-refractivity contribution in [3.05, 3.63) is 29.3 Å². The predicted octanol–water partition coefficient (Wildman–Crippen LogP) is 3.15. The fraction of sp³-hybridized carbons (Fsp3) is 0.500. The zero-order valence-corrected chi connectivity index (χ0v) is 10.2. The van der Waals surface area contributed by atoms with Crippen molar-refractivity contribution in [3.8, 4) is 5.75 Å². The summed E-state index contributed by atoms with van der Waals surface area (Å²) >= 11 is 5.84. The number of para-hydroxylation sites is 1. The highest BCUT2D eigenvalue weighted by molar-refractivity contribution is 6.17. The molecule has 1 unspecified atom stereocenters. The molecule has 1 atom stereocenters. The summed E-state index contributed by atoms with van der Waals surface area (Å²) in [6, 6.07) is 5.98. The molecule has 15 heavy (non-hydrogen) atoms. The molecule has 0 heterocycles. The van der Waals surface area contributed by atoms with Gasteiger partial charge in [-0.1, -0.05) is 18.2 Å². The topological polar surface area (TPSA) is 18.5 Å². The van der Waals surface area contributed by atoms with E-state index in [-0.39, 0.29) is 6.10 Å². The first-order chi connectivity index (χ1) is 7.19. The predicted molar refractivity (Wildman–Crippen MR) is 62.7 cm³/mol. The van der Waals surface area contributed by atoms with Gasteiger partial charge >= 0.3 is 0 Å². The number of aryl methyl sites for hydroxylation is 1. The summed E-state index contributed by atoms with van der Waals surface area (Å²) in [5.41, 5.74) is 2.14. The van der Waals surface area contributed by atoms with E-state index in [1.165, 1.54) is 0 Å². The lowest BCUT2D eigenvalue weighted by Crippen LogP contribution is -2.16. The number of alkyl halides is 1. The van der Waals surface area contributed by atoms with Crippen molar-refractivity contribution < 1.29 is 9.47 Å². The molecule has 0 radical (unpaired) electrons. The third-order valence-corrected chi connectivity index (χ3v) is 2.59. The van der Waals surface area contributed by atoms with Crippen LogP contribution in [-0.2, 0) is 10.6 Å². The van der Waals surface area contributed by atoms with E-state index in [9.17, 15) is 0 Å². The van der Waals surface area contributed by atoms with Gasteiger partial charge in [-0.2, -0.15) is 0 Å². The van der Waals surface area contributed by atoms with E-state index in [1.54, 1.807) is 7.11 Å². The summed E-state index contributed by atoms with van der Waals surface area (Å²) in [6.45, 7) is 4.53. The van der Waals surface area contributed by atoms with E-state index < -0.39 is 0 Å². The van der Waals surface area contributed by atoms with E-state index in [0.29, 0.717) is 12.5 Å². The highest BCUT2D eigenvalue weighted by Gasteiger charge is 2.07. The van der Waals surface area contributed by atoms with Crippen LogP contribution in [0.3, 0.4) is 0 Å². The summed E-state index contributed by atoms with van der Waals surface area (Å²) in [7, 11) is 1.67. The standard InChI is InChI=1S/C12H17ClO2/c1-9-5-4-6-11(7-13)12(9)15-8-10(2)14-3/h4-6,10H,7-8H2,1-3H3. The van der Waals surface area contributed by atoms with E-state index >= 15 is 0 Å². The Kier molecular flexibility index (Phi) is 4.92. The Balaban J connectivity index is 2.74. The summed E-state index contributed by atoms with van der Waals surface area (Å²) in [5, 5.41) is 0. The van der Waals surface area contributed by atoms with Crippen LogP contribution in [0.15, 0.2) is 18.2 Å². The molecule has 0 aliphatic rings. The third-order valence-electron chi connectivity index (χ3n) is 2.30. The molecule has 0 saturated heterocycles. The van der Waals surface area contributed by atoms with Crippen LogP contribution in [0.4, 0.5) is 0 Å². The number of methoxy groups -OCH3 is 1. The lowest BCUT2D eigenvalue weighted by Gasteiger charge is -2.15. The number of benzene rings is 1. The minimum atomic E-state index is 0.0905. The highest BCUT2D eigenvalue weighted by Crippen LogP contribution is 2.25. The van der Waals surface area contributed by atoms with Crippen LogP contribution in [0.2, 0.25) is 0 Å². The zero-order valence-electron chi connectivity index (χ0n) is 9.42. The van der Waals surface area contributed by atoms with Gasteiger partial charge in [-0.25, -0.2) is 0 Å². The Morgan fingerprint density at radius 1 is 1.40 bits per heavy atom. The molecular weight excluding hydrogens is 212 g/mol. The number of rotatable bonds is 5. The second kappa shape index (κ2) is 5.99. The molecule has 0 amide bonds. The van der Waals surface area contributed by atoms with Gasteiger partial charge in [0, 0.05) is 12.7 Å². The Hall–Kier alpha value is -0.730. The lowest BCUT2D eigenvalue weighted by molar-refractivity contribution is 0.0711. The Bertz CT molecular complexity index is 312. The fourth-order valence-corrected chi connectivity index (χ4v) is 1.50. The monoisotopic (exact) mass is 228 g/mol. The summed E-state index contributed by atoms with van der Waals surface area (Å²) in [6.07, 6.45) is 0.0905. The maximum Gasteiger partial charge on any atom is 0.126 e. The second-order valence-corrected chi connectivity index (χ2v) is 3.82. The molecular formula is C12H17ClO2. The number of hydrogen-bond donors (Lipinski definition) is 0. The van der Waals surface area contributed by atoms with Crippen molar-refractivity contribution >= 4 is 11.6 Å². The summed E-state index contributed by atoms with van der Waals surface area (Å²) < 4.78 is 10.8. The van der Waals surface area contributed by atoms with Crippen LogP contribution in [-0.4, -0.2) is 19.8 Å². The minimum Gasteiger partial charge on any atom is -0.490 e. The van der Waals surface area contributed by atoms with Crippen LogP contribution >= 0.6 is 11.6 Å². The molecule has 0 spiro atoms.